The van der Waals surface area contributed by atoms with Crippen LogP contribution < -0.4 is 5.32 Å². The number of H-pyrrole nitrogens is 1. The number of carbonyl (C=O) groups is 3. The number of nitrogens with zero attached hydrogens (tertiary/aromatic N) is 2. The molecule has 0 spiro atoms. The SMILES string of the molecule is Cc1cc(C(=O)CN2C(=O)N[C@@H](Cc3c[nH]c4ccccc34)C2=O)c(C)n1C[C@H]1CCCO1. The normalized spacial score (nSPS) is 20.7. The zero-order valence-electron chi connectivity index (χ0n) is 18.9. The van der Waals surface area contributed by atoms with Crippen molar-refractivity contribution in [1.82, 2.24) is 19.8 Å². The van der Waals surface area contributed by atoms with Gasteiger partial charge in [-0.05, 0) is 44.4 Å². The lowest BCUT2D eigenvalue weighted by Crippen LogP contribution is -2.36. The van der Waals surface area contributed by atoms with Crippen LogP contribution in [0.5, 0.6) is 0 Å². The molecule has 3 amide bonds. The van der Waals surface area contributed by atoms with Gasteiger partial charge >= 0.3 is 6.03 Å². The van der Waals surface area contributed by atoms with Crippen molar-refractivity contribution < 1.29 is 19.1 Å². The first kappa shape index (κ1) is 21.5. The molecule has 8 heteroatoms. The minimum absolute atomic E-state index is 0.161. The number of ether oxygens (including phenoxy) is 1. The number of benzene rings is 1. The summed E-state index contributed by atoms with van der Waals surface area (Å²) in [6, 6.07) is 8.46. The maximum absolute atomic E-state index is 13.1. The van der Waals surface area contributed by atoms with Gasteiger partial charge in [0.25, 0.3) is 5.91 Å². The zero-order valence-corrected chi connectivity index (χ0v) is 18.9. The number of urea groups is 1. The molecule has 2 saturated heterocycles. The van der Waals surface area contributed by atoms with Gasteiger partial charge in [0.05, 0.1) is 12.6 Å². The van der Waals surface area contributed by atoms with E-state index in [-0.39, 0.29) is 24.3 Å². The van der Waals surface area contributed by atoms with E-state index >= 15 is 0 Å². The highest BCUT2D eigenvalue weighted by Crippen LogP contribution is 2.23. The van der Waals surface area contributed by atoms with Crippen LogP contribution in [0.4, 0.5) is 4.79 Å². The van der Waals surface area contributed by atoms with Gasteiger partial charge < -0.3 is 19.6 Å². The van der Waals surface area contributed by atoms with Crippen molar-refractivity contribution in [2.24, 2.45) is 0 Å². The largest absolute Gasteiger partial charge is 0.376 e. The minimum Gasteiger partial charge on any atom is -0.376 e. The Hall–Kier alpha value is -3.39. The first-order chi connectivity index (χ1) is 15.9. The molecule has 2 atom stereocenters. The van der Waals surface area contributed by atoms with Crippen molar-refractivity contribution in [3.8, 4) is 0 Å². The molecule has 0 bridgehead atoms. The van der Waals surface area contributed by atoms with Crippen LogP contribution in [0.1, 0.15) is 40.2 Å². The number of imide groups is 1. The van der Waals surface area contributed by atoms with Crippen LogP contribution in [-0.2, 0) is 22.5 Å². The Bertz CT molecular complexity index is 1230. The maximum Gasteiger partial charge on any atom is 0.325 e. The number of ketones is 1. The lowest BCUT2D eigenvalue weighted by Gasteiger charge is -2.15. The number of carbonyl (C=O) groups excluding carboxylic acids is 3. The third kappa shape index (κ3) is 3.95. The van der Waals surface area contributed by atoms with Crippen molar-refractivity contribution >= 4 is 28.6 Å². The topological polar surface area (TPSA) is 96.4 Å². The van der Waals surface area contributed by atoms with Gasteiger partial charge in [-0.25, -0.2) is 4.79 Å². The minimum atomic E-state index is -0.684. The van der Waals surface area contributed by atoms with Crippen molar-refractivity contribution in [3.63, 3.8) is 0 Å². The quantitative estimate of drug-likeness (QED) is 0.429. The van der Waals surface area contributed by atoms with Crippen molar-refractivity contribution in [2.75, 3.05) is 13.2 Å². The maximum atomic E-state index is 13.1. The van der Waals surface area contributed by atoms with Crippen LogP contribution >= 0.6 is 0 Å². The summed E-state index contributed by atoms with van der Waals surface area (Å²) in [5, 5.41) is 3.76. The number of aromatic amines is 1. The first-order valence-electron chi connectivity index (χ1n) is 11.4. The lowest BCUT2D eigenvalue weighted by molar-refractivity contribution is -0.127. The molecule has 33 heavy (non-hydrogen) atoms. The Kier molecular flexibility index (Phi) is 5.54. The Morgan fingerprint density at radius 3 is 2.82 bits per heavy atom. The fourth-order valence-electron chi connectivity index (χ4n) is 4.97. The van der Waals surface area contributed by atoms with Gasteiger partial charge in [-0.3, -0.25) is 14.5 Å². The van der Waals surface area contributed by atoms with E-state index in [4.69, 9.17) is 4.74 Å². The molecule has 1 aromatic carbocycles. The van der Waals surface area contributed by atoms with Crippen LogP contribution in [0.2, 0.25) is 0 Å². The second kappa shape index (κ2) is 8.51. The van der Waals surface area contributed by atoms with E-state index in [1.165, 1.54) is 0 Å². The molecule has 2 aromatic heterocycles. The average Bonchev–Trinajstić information content (AvgIpc) is 3.57. The molecule has 2 aliphatic heterocycles. The molecule has 0 unspecified atom stereocenters. The summed E-state index contributed by atoms with van der Waals surface area (Å²) in [5.74, 6) is -0.607. The van der Waals surface area contributed by atoms with E-state index in [0.717, 1.165) is 52.2 Å². The summed E-state index contributed by atoms with van der Waals surface area (Å²) in [5.41, 5.74) is 4.30. The molecule has 3 aromatic rings. The van der Waals surface area contributed by atoms with E-state index in [0.29, 0.717) is 18.5 Å². The van der Waals surface area contributed by atoms with Gasteiger partial charge in [0.2, 0.25) is 0 Å². The van der Waals surface area contributed by atoms with Crippen LogP contribution in [0.3, 0.4) is 0 Å². The number of hydrogen-bond acceptors (Lipinski definition) is 4. The molecule has 8 nitrogen and oxygen atoms in total. The monoisotopic (exact) mass is 448 g/mol. The summed E-state index contributed by atoms with van der Waals surface area (Å²) in [6.07, 6.45) is 4.46. The fraction of sp³-hybridized carbons (Fsp3) is 0.400. The van der Waals surface area contributed by atoms with Crippen LogP contribution in [0, 0.1) is 13.8 Å². The zero-order chi connectivity index (χ0) is 23.1. The molecule has 4 heterocycles. The van der Waals surface area contributed by atoms with E-state index < -0.39 is 12.1 Å². The number of Topliss-reactive ketones (excluding diaryl/α,β-unsaturated/α-hetero) is 1. The highest BCUT2D eigenvalue weighted by Gasteiger charge is 2.39. The molecule has 5 rings (SSSR count). The Labute approximate surface area is 191 Å². The number of nitrogens with one attached hydrogen (secondary N) is 2. The van der Waals surface area contributed by atoms with Crippen LogP contribution in [0.25, 0.3) is 10.9 Å². The second-order valence-corrected chi connectivity index (χ2v) is 8.94. The molecule has 2 N–H and O–H groups in total. The first-order valence-corrected chi connectivity index (χ1v) is 11.4. The van der Waals surface area contributed by atoms with E-state index in [9.17, 15) is 14.4 Å². The fourth-order valence-corrected chi connectivity index (χ4v) is 4.97. The van der Waals surface area contributed by atoms with Gasteiger partial charge in [0.1, 0.15) is 6.04 Å². The molecular weight excluding hydrogens is 420 g/mol. The van der Waals surface area contributed by atoms with Crippen molar-refractivity contribution in [3.05, 3.63) is 59.0 Å². The summed E-state index contributed by atoms with van der Waals surface area (Å²) < 4.78 is 7.83. The predicted octanol–water partition coefficient (Wildman–Crippen LogP) is 3.11. The standard InChI is InChI=1S/C25H28N4O4/c1-15-10-20(16(2)28(15)13-18-6-5-9-33-18)23(30)14-29-24(31)22(27-25(29)32)11-17-12-26-21-8-4-3-7-19(17)21/h3-4,7-8,10,12,18,22,26H,5-6,9,11,13-14H2,1-2H3,(H,27,32)/t18-,22+/m1/s1. The van der Waals surface area contributed by atoms with Crippen LogP contribution in [-0.4, -0.2) is 57.5 Å². The van der Waals surface area contributed by atoms with Gasteiger partial charge in [-0.15, -0.1) is 0 Å². The van der Waals surface area contributed by atoms with E-state index in [2.05, 4.69) is 14.9 Å². The van der Waals surface area contributed by atoms with Crippen LogP contribution in [0.15, 0.2) is 36.5 Å². The number of aryl methyl sites for hydroxylation is 1. The third-order valence-electron chi connectivity index (χ3n) is 6.79. The summed E-state index contributed by atoms with van der Waals surface area (Å²) in [6.45, 7) is 5.09. The van der Waals surface area contributed by atoms with E-state index in [1.54, 1.807) is 0 Å². The van der Waals surface area contributed by atoms with E-state index in [1.807, 2.05) is 50.4 Å². The Morgan fingerprint density at radius 1 is 1.21 bits per heavy atom. The molecule has 0 saturated carbocycles. The highest BCUT2D eigenvalue weighted by atomic mass is 16.5. The molecule has 2 fully saturated rings. The van der Waals surface area contributed by atoms with Crippen molar-refractivity contribution in [2.45, 2.75) is 51.8 Å². The summed E-state index contributed by atoms with van der Waals surface area (Å²) >= 11 is 0. The van der Waals surface area contributed by atoms with Gasteiger partial charge in [0.15, 0.2) is 5.78 Å². The Morgan fingerprint density at radius 2 is 2.03 bits per heavy atom. The summed E-state index contributed by atoms with van der Waals surface area (Å²) in [4.78, 5) is 42.9. The number of hydrogen-bond donors (Lipinski definition) is 2. The molecular formula is C25H28N4O4. The lowest BCUT2D eigenvalue weighted by atomic mass is 10.0. The molecule has 0 radical (unpaired) electrons. The van der Waals surface area contributed by atoms with Gasteiger partial charge in [0, 0.05) is 53.6 Å². The predicted molar refractivity (Wildman–Crippen MR) is 123 cm³/mol. The number of amides is 3. The number of rotatable bonds is 7. The van der Waals surface area contributed by atoms with Gasteiger partial charge in [-0.1, -0.05) is 18.2 Å². The molecule has 172 valence electrons. The average molecular weight is 449 g/mol. The van der Waals surface area contributed by atoms with Gasteiger partial charge in [-0.2, -0.15) is 0 Å². The molecule has 2 aliphatic rings. The smallest absolute Gasteiger partial charge is 0.325 e. The second-order valence-electron chi connectivity index (χ2n) is 8.94. The Balaban J connectivity index is 1.29. The van der Waals surface area contributed by atoms with Crippen molar-refractivity contribution in [1.29, 1.82) is 0 Å². The number of aromatic nitrogens is 2. The molecule has 0 aliphatic carbocycles. The summed E-state index contributed by atoms with van der Waals surface area (Å²) in [7, 11) is 0. The third-order valence-corrected chi connectivity index (χ3v) is 6.79. The number of fused-ring (bicyclic) bond motifs is 1. The highest BCUT2D eigenvalue weighted by molar-refractivity contribution is 6.09. The number of para-hydroxylation sites is 1.